The number of aromatic amines is 2. The number of benzene rings is 2. The normalized spacial score (nSPS) is 12.2. The van der Waals surface area contributed by atoms with Gasteiger partial charge < -0.3 is 20.1 Å². The van der Waals surface area contributed by atoms with Gasteiger partial charge in [0.25, 0.3) is 0 Å². The molecule has 38 heavy (non-hydrogen) atoms. The number of hydrogen-bond donors (Lipinski definition) is 4. The number of pyridine rings is 2. The van der Waals surface area contributed by atoms with Gasteiger partial charge in [-0.05, 0) is 60.0 Å². The summed E-state index contributed by atoms with van der Waals surface area (Å²) in [6, 6.07) is 18.3. The molecule has 0 aliphatic rings. The molecule has 0 aliphatic heterocycles. The number of aliphatic hydroxyl groups is 1. The fraction of sp³-hybridized carbons (Fsp3) is 0.138. The smallest absolute Gasteiger partial charge is 0.135 e. The van der Waals surface area contributed by atoms with Crippen LogP contribution in [-0.4, -0.2) is 43.6 Å². The Labute approximate surface area is 217 Å². The van der Waals surface area contributed by atoms with E-state index in [1.54, 1.807) is 12.4 Å². The summed E-state index contributed by atoms with van der Waals surface area (Å²) in [5, 5.41) is 21.5. The maximum absolute atomic E-state index is 14.3. The van der Waals surface area contributed by atoms with E-state index in [2.05, 4.69) is 25.5 Å². The first-order valence-electron chi connectivity index (χ1n) is 12.2. The van der Waals surface area contributed by atoms with Gasteiger partial charge >= 0.3 is 0 Å². The lowest BCUT2D eigenvalue weighted by molar-refractivity contribution is 0.199. The summed E-state index contributed by atoms with van der Waals surface area (Å²) >= 11 is 0. The van der Waals surface area contributed by atoms with Crippen molar-refractivity contribution < 1.29 is 14.2 Å². The van der Waals surface area contributed by atoms with E-state index in [-0.39, 0.29) is 5.82 Å². The molecule has 0 saturated carbocycles. The fourth-order valence-corrected chi connectivity index (χ4v) is 4.57. The van der Waals surface area contributed by atoms with Crippen molar-refractivity contribution in [3.8, 4) is 39.5 Å². The van der Waals surface area contributed by atoms with E-state index in [0.29, 0.717) is 29.1 Å². The predicted molar refractivity (Wildman–Crippen MR) is 146 cm³/mol. The van der Waals surface area contributed by atoms with Gasteiger partial charge in [0.05, 0.1) is 35.9 Å². The Morgan fingerprint density at radius 3 is 2.76 bits per heavy atom. The molecule has 4 N–H and O–H groups in total. The Bertz CT molecular complexity index is 1780. The average molecular weight is 509 g/mol. The molecule has 4 heterocycles. The first kappa shape index (κ1) is 23.6. The number of fused-ring (bicyclic) bond motifs is 2. The van der Waals surface area contributed by atoms with Crippen LogP contribution in [0.2, 0.25) is 0 Å². The Morgan fingerprint density at radius 2 is 1.92 bits per heavy atom. The second-order valence-electron chi connectivity index (χ2n) is 9.03. The Morgan fingerprint density at radius 1 is 1.03 bits per heavy atom. The van der Waals surface area contributed by atoms with Gasteiger partial charge in [0.2, 0.25) is 0 Å². The number of anilines is 1. The third-order valence-electron chi connectivity index (χ3n) is 6.50. The largest absolute Gasteiger partial charge is 0.497 e. The highest BCUT2D eigenvalue weighted by molar-refractivity contribution is 6.00. The van der Waals surface area contributed by atoms with Crippen LogP contribution in [0.15, 0.2) is 73.1 Å². The fourth-order valence-electron chi connectivity index (χ4n) is 4.57. The molecule has 1 atom stereocenters. The standard InChI is InChI=1S/C29H25FN6O2/c1-3-27(37)32-19-10-17(14-31-15-19)23-7-8-25-28(34-23)29(36-35-25)26-13-22-21(5-4-6-24(22)33-26)16-9-18(30)12-20(11-16)38-2/h4-15,27,32-33,37H,3H2,1-2H3,(H,35,36). The minimum Gasteiger partial charge on any atom is -0.497 e. The van der Waals surface area contributed by atoms with Crippen molar-refractivity contribution in [1.29, 1.82) is 0 Å². The van der Waals surface area contributed by atoms with E-state index in [1.165, 1.54) is 19.2 Å². The lowest BCUT2D eigenvalue weighted by Crippen LogP contribution is -2.16. The molecule has 0 saturated heterocycles. The molecule has 0 aliphatic carbocycles. The van der Waals surface area contributed by atoms with Gasteiger partial charge in [0, 0.05) is 28.7 Å². The Balaban J connectivity index is 1.42. The van der Waals surface area contributed by atoms with Crippen LogP contribution in [-0.2, 0) is 0 Å². The highest BCUT2D eigenvalue weighted by atomic mass is 19.1. The van der Waals surface area contributed by atoms with Crippen molar-refractivity contribution >= 4 is 27.6 Å². The zero-order valence-electron chi connectivity index (χ0n) is 20.8. The van der Waals surface area contributed by atoms with Crippen LogP contribution in [0.4, 0.5) is 10.1 Å². The minimum atomic E-state index is -0.650. The minimum absolute atomic E-state index is 0.361. The van der Waals surface area contributed by atoms with E-state index < -0.39 is 6.23 Å². The molecule has 0 amide bonds. The molecule has 0 radical (unpaired) electrons. The van der Waals surface area contributed by atoms with Crippen molar-refractivity contribution in [2.75, 3.05) is 12.4 Å². The van der Waals surface area contributed by atoms with Crippen LogP contribution in [0.3, 0.4) is 0 Å². The third kappa shape index (κ3) is 4.33. The van der Waals surface area contributed by atoms with Crippen molar-refractivity contribution in [3.63, 3.8) is 0 Å². The molecule has 1 unspecified atom stereocenters. The molecule has 0 spiro atoms. The van der Waals surface area contributed by atoms with Crippen LogP contribution in [0.5, 0.6) is 5.75 Å². The van der Waals surface area contributed by atoms with Gasteiger partial charge in [-0.2, -0.15) is 5.10 Å². The summed E-state index contributed by atoms with van der Waals surface area (Å²) < 4.78 is 19.5. The van der Waals surface area contributed by atoms with Gasteiger partial charge in [-0.1, -0.05) is 19.1 Å². The molecule has 2 aromatic carbocycles. The number of nitrogens with zero attached hydrogens (tertiary/aromatic N) is 3. The van der Waals surface area contributed by atoms with Gasteiger partial charge in [0.15, 0.2) is 0 Å². The first-order chi connectivity index (χ1) is 18.5. The molecule has 8 nitrogen and oxygen atoms in total. The number of H-pyrrole nitrogens is 2. The Hall–Kier alpha value is -4.76. The molecule has 6 rings (SSSR count). The van der Waals surface area contributed by atoms with Crippen LogP contribution in [0.25, 0.3) is 55.7 Å². The van der Waals surface area contributed by atoms with Gasteiger partial charge in [-0.3, -0.25) is 10.1 Å². The lowest BCUT2D eigenvalue weighted by Gasteiger charge is -2.12. The first-order valence-corrected chi connectivity index (χ1v) is 12.2. The van der Waals surface area contributed by atoms with Crippen LogP contribution < -0.4 is 10.1 Å². The Kier molecular flexibility index (Phi) is 5.97. The SMILES string of the molecule is CCC(O)Nc1cncc(-c2ccc3[nH]nc(-c4cc5c(-c6cc(F)cc(OC)c6)cccc5[nH]4)c3n2)c1. The molecule has 0 bridgehead atoms. The molecule has 9 heteroatoms. The molecule has 0 fully saturated rings. The number of aromatic nitrogens is 5. The van der Waals surface area contributed by atoms with E-state index in [9.17, 15) is 9.50 Å². The van der Waals surface area contributed by atoms with Crippen molar-refractivity contribution in [2.24, 2.45) is 0 Å². The third-order valence-corrected chi connectivity index (χ3v) is 6.50. The summed E-state index contributed by atoms with van der Waals surface area (Å²) in [6.45, 7) is 1.90. The highest BCUT2D eigenvalue weighted by Gasteiger charge is 2.16. The number of rotatable bonds is 7. The second-order valence-corrected chi connectivity index (χ2v) is 9.03. The number of methoxy groups -OCH3 is 1. The number of halogens is 1. The number of ether oxygens (including phenoxy) is 1. The van der Waals surface area contributed by atoms with Gasteiger partial charge in [-0.15, -0.1) is 0 Å². The van der Waals surface area contributed by atoms with Crippen LogP contribution in [0.1, 0.15) is 13.3 Å². The molecular weight excluding hydrogens is 483 g/mol. The summed E-state index contributed by atoms with van der Waals surface area (Å²) in [7, 11) is 1.52. The number of nitrogens with one attached hydrogen (secondary N) is 3. The summed E-state index contributed by atoms with van der Waals surface area (Å²) in [5.41, 5.74) is 7.69. The van der Waals surface area contributed by atoms with Crippen molar-refractivity contribution in [2.45, 2.75) is 19.6 Å². The number of aliphatic hydroxyl groups excluding tert-OH is 1. The molecule has 6 aromatic rings. The molecule has 190 valence electrons. The molecule has 4 aromatic heterocycles. The van der Waals surface area contributed by atoms with Crippen molar-refractivity contribution in [3.05, 3.63) is 78.9 Å². The maximum Gasteiger partial charge on any atom is 0.135 e. The average Bonchev–Trinajstić information content (AvgIpc) is 3.56. The monoisotopic (exact) mass is 508 g/mol. The molecular formula is C29H25FN6O2. The summed E-state index contributed by atoms with van der Waals surface area (Å²) in [6.07, 6.45) is 3.33. The highest BCUT2D eigenvalue weighted by Crippen LogP contribution is 2.35. The zero-order valence-corrected chi connectivity index (χ0v) is 20.8. The van der Waals surface area contributed by atoms with E-state index in [0.717, 1.165) is 44.5 Å². The quantitative estimate of drug-likeness (QED) is 0.193. The van der Waals surface area contributed by atoms with Gasteiger partial charge in [-0.25, -0.2) is 9.37 Å². The second kappa shape index (κ2) is 9.60. The van der Waals surface area contributed by atoms with Crippen LogP contribution in [0, 0.1) is 5.82 Å². The summed E-state index contributed by atoms with van der Waals surface area (Å²) in [5.74, 6) is 0.0980. The lowest BCUT2D eigenvalue weighted by atomic mass is 10.0. The van der Waals surface area contributed by atoms with E-state index in [4.69, 9.17) is 9.72 Å². The number of hydrogen-bond acceptors (Lipinski definition) is 6. The van der Waals surface area contributed by atoms with Crippen molar-refractivity contribution in [1.82, 2.24) is 25.1 Å². The zero-order chi connectivity index (χ0) is 26.2. The topological polar surface area (TPSA) is 112 Å². The summed E-state index contributed by atoms with van der Waals surface area (Å²) in [4.78, 5) is 12.6. The van der Waals surface area contributed by atoms with Crippen LogP contribution >= 0.6 is 0 Å². The van der Waals surface area contributed by atoms with E-state index in [1.807, 2.05) is 55.5 Å². The van der Waals surface area contributed by atoms with E-state index >= 15 is 0 Å². The maximum atomic E-state index is 14.3. The predicted octanol–water partition coefficient (Wildman–Crippen LogP) is 6.12. The van der Waals surface area contributed by atoms with Gasteiger partial charge in [0.1, 0.15) is 29.0 Å².